The summed E-state index contributed by atoms with van der Waals surface area (Å²) in [6.07, 6.45) is 1.04. The molecule has 0 bridgehead atoms. The predicted octanol–water partition coefficient (Wildman–Crippen LogP) is 3.80. The number of hydrogen-bond acceptors (Lipinski definition) is 4. The Balaban J connectivity index is 2.11. The van der Waals surface area contributed by atoms with Gasteiger partial charge in [-0.25, -0.2) is 0 Å². The first-order chi connectivity index (χ1) is 11.2. The number of carbonyl (C=O) groups excluding carboxylic acids is 1. The van der Waals surface area contributed by atoms with E-state index in [0.29, 0.717) is 23.9 Å². The van der Waals surface area contributed by atoms with Gasteiger partial charge < -0.3 is 14.2 Å². The molecular formula is C19H22O4. The minimum atomic E-state index is -0.347. The Hall–Kier alpha value is -2.49. The van der Waals surface area contributed by atoms with Crippen molar-refractivity contribution in [1.29, 1.82) is 0 Å². The first-order valence-corrected chi connectivity index (χ1v) is 7.76. The quantitative estimate of drug-likeness (QED) is 0.576. The molecule has 2 aromatic carbocycles. The maximum Gasteiger partial charge on any atom is 0.315 e. The standard InChI is InChI=1S/C19H22O4/c1-4-14-10-11-17(18(12-14)21-3)23-19(20)13-15-8-6-7-9-16(15)22-5-2/h6-12H,4-5,13H2,1-3H3. The van der Waals surface area contributed by atoms with Crippen molar-refractivity contribution in [1.82, 2.24) is 0 Å². The largest absolute Gasteiger partial charge is 0.494 e. The number of aryl methyl sites for hydroxylation is 1. The van der Waals surface area contributed by atoms with Crippen LogP contribution in [0, 0.1) is 0 Å². The van der Waals surface area contributed by atoms with E-state index in [0.717, 1.165) is 17.5 Å². The first kappa shape index (κ1) is 16.9. The Kier molecular flexibility index (Phi) is 6.03. The van der Waals surface area contributed by atoms with Crippen LogP contribution in [-0.2, 0) is 17.6 Å². The van der Waals surface area contributed by atoms with E-state index in [1.165, 1.54) is 0 Å². The molecule has 0 saturated heterocycles. The average molecular weight is 314 g/mol. The van der Waals surface area contributed by atoms with Crippen molar-refractivity contribution >= 4 is 5.97 Å². The monoisotopic (exact) mass is 314 g/mol. The van der Waals surface area contributed by atoms with Crippen LogP contribution in [0.4, 0.5) is 0 Å². The minimum Gasteiger partial charge on any atom is -0.494 e. The SMILES string of the molecule is CCOc1ccccc1CC(=O)Oc1ccc(CC)cc1OC. The zero-order valence-electron chi connectivity index (χ0n) is 13.8. The molecular weight excluding hydrogens is 292 g/mol. The van der Waals surface area contributed by atoms with E-state index in [4.69, 9.17) is 14.2 Å². The summed E-state index contributed by atoms with van der Waals surface area (Å²) in [5.41, 5.74) is 1.94. The summed E-state index contributed by atoms with van der Waals surface area (Å²) >= 11 is 0. The lowest BCUT2D eigenvalue weighted by atomic mass is 10.1. The normalized spacial score (nSPS) is 10.2. The highest BCUT2D eigenvalue weighted by molar-refractivity contribution is 5.76. The van der Waals surface area contributed by atoms with Gasteiger partial charge in [-0.1, -0.05) is 31.2 Å². The summed E-state index contributed by atoms with van der Waals surface area (Å²) in [5, 5.41) is 0. The summed E-state index contributed by atoms with van der Waals surface area (Å²) in [4.78, 5) is 12.2. The average Bonchev–Trinajstić information content (AvgIpc) is 2.57. The van der Waals surface area contributed by atoms with Gasteiger partial charge in [-0.3, -0.25) is 4.79 Å². The molecule has 0 aromatic heterocycles. The van der Waals surface area contributed by atoms with Crippen LogP contribution in [-0.4, -0.2) is 19.7 Å². The fourth-order valence-corrected chi connectivity index (χ4v) is 2.28. The van der Waals surface area contributed by atoms with Gasteiger partial charge in [0.2, 0.25) is 0 Å². The fraction of sp³-hybridized carbons (Fsp3) is 0.316. The topological polar surface area (TPSA) is 44.8 Å². The zero-order valence-corrected chi connectivity index (χ0v) is 13.8. The number of carbonyl (C=O) groups is 1. The highest BCUT2D eigenvalue weighted by Gasteiger charge is 2.13. The van der Waals surface area contributed by atoms with Crippen LogP contribution in [0.15, 0.2) is 42.5 Å². The first-order valence-electron chi connectivity index (χ1n) is 7.76. The fourth-order valence-electron chi connectivity index (χ4n) is 2.28. The number of ether oxygens (including phenoxy) is 3. The summed E-state index contributed by atoms with van der Waals surface area (Å²) in [7, 11) is 1.57. The molecule has 2 aromatic rings. The van der Waals surface area contributed by atoms with Gasteiger partial charge in [0.05, 0.1) is 20.1 Å². The second-order valence-electron chi connectivity index (χ2n) is 5.03. The number of esters is 1. The van der Waals surface area contributed by atoms with Crippen molar-refractivity contribution in [2.45, 2.75) is 26.7 Å². The molecule has 0 N–H and O–H groups in total. The van der Waals surface area contributed by atoms with Gasteiger partial charge in [-0.05, 0) is 37.1 Å². The Bertz CT molecular complexity index is 664. The molecule has 23 heavy (non-hydrogen) atoms. The molecule has 0 saturated carbocycles. The number of rotatable bonds is 7. The molecule has 4 heteroatoms. The van der Waals surface area contributed by atoms with Crippen LogP contribution in [0.1, 0.15) is 25.0 Å². The van der Waals surface area contributed by atoms with Crippen molar-refractivity contribution in [3.8, 4) is 17.2 Å². The van der Waals surface area contributed by atoms with Gasteiger partial charge in [0.25, 0.3) is 0 Å². The van der Waals surface area contributed by atoms with Gasteiger partial charge in [-0.2, -0.15) is 0 Å². The van der Waals surface area contributed by atoms with E-state index in [9.17, 15) is 4.79 Å². The Morgan fingerprint density at radius 2 is 1.78 bits per heavy atom. The molecule has 0 heterocycles. The van der Waals surface area contributed by atoms with Crippen molar-refractivity contribution in [2.24, 2.45) is 0 Å². The smallest absolute Gasteiger partial charge is 0.315 e. The van der Waals surface area contributed by atoms with Crippen LogP contribution in [0.25, 0.3) is 0 Å². The Morgan fingerprint density at radius 1 is 1.00 bits per heavy atom. The van der Waals surface area contributed by atoms with Crippen LogP contribution in [0.5, 0.6) is 17.2 Å². The van der Waals surface area contributed by atoms with Gasteiger partial charge in [0, 0.05) is 5.56 Å². The molecule has 0 radical (unpaired) electrons. The lowest BCUT2D eigenvalue weighted by Gasteiger charge is -2.12. The van der Waals surface area contributed by atoms with E-state index in [1.54, 1.807) is 13.2 Å². The van der Waals surface area contributed by atoms with Crippen LogP contribution in [0.2, 0.25) is 0 Å². The van der Waals surface area contributed by atoms with Gasteiger partial charge in [-0.15, -0.1) is 0 Å². The maximum absolute atomic E-state index is 12.2. The van der Waals surface area contributed by atoms with Crippen molar-refractivity contribution in [3.63, 3.8) is 0 Å². The van der Waals surface area contributed by atoms with E-state index < -0.39 is 0 Å². The lowest BCUT2D eigenvalue weighted by Crippen LogP contribution is -2.13. The number of para-hydroxylation sites is 1. The van der Waals surface area contributed by atoms with E-state index in [1.807, 2.05) is 43.3 Å². The number of hydrogen-bond donors (Lipinski definition) is 0. The molecule has 0 aliphatic heterocycles. The molecule has 0 spiro atoms. The molecule has 0 aliphatic carbocycles. The third-order valence-electron chi connectivity index (χ3n) is 3.47. The minimum absolute atomic E-state index is 0.148. The third-order valence-corrected chi connectivity index (χ3v) is 3.47. The molecule has 0 fully saturated rings. The Morgan fingerprint density at radius 3 is 2.48 bits per heavy atom. The van der Waals surface area contributed by atoms with E-state index in [-0.39, 0.29) is 12.4 Å². The molecule has 0 amide bonds. The summed E-state index contributed by atoms with van der Waals surface area (Å²) in [6, 6.07) is 13.1. The second-order valence-corrected chi connectivity index (χ2v) is 5.03. The highest BCUT2D eigenvalue weighted by Crippen LogP contribution is 2.29. The molecule has 122 valence electrons. The van der Waals surface area contributed by atoms with Crippen LogP contribution < -0.4 is 14.2 Å². The lowest BCUT2D eigenvalue weighted by molar-refractivity contribution is -0.133. The highest BCUT2D eigenvalue weighted by atomic mass is 16.6. The van der Waals surface area contributed by atoms with Gasteiger partial charge >= 0.3 is 5.97 Å². The van der Waals surface area contributed by atoms with Crippen molar-refractivity contribution < 1.29 is 19.0 Å². The molecule has 0 unspecified atom stereocenters. The van der Waals surface area contributed by atoms with Gasteiger partial charge in [0.1, 0.15) is 5.75 Å². The summed E-state index contributed by atoms with van der Waals surface area (Å²) in [6.45, 7) is 4.53. The van der Waals surface area contributed by atoms with Crippen LogP contribution >= 0.6 is 0 Å². The maximum atomic E-state index is 12.2. The van der Waals surface area contributed by atoms with Crippen LogP contribution in [0.3, 0.4) is 0 Å². The number of benzene rings is 2. The molecule has 2 rings (SSSR count). The molecule has 4 nitrogen and oxygen atoms in total. The van der Waals surface area contributed by atoms with E-state index in [2.05, 4.69) is 6.92 Å². The number of methoxy groups -OCH3 is 1. The molecule has 0 atom stereocenters. The summed E-state index contributed by atoms with van der Waals surface area (Å²) in [5.74, 6) is 1.36. The summed E-state index contributed by atoms with van der Waals surface area (Å²) < 4.78 is 16.3. The van der Waals surface area contributed by atoms with Crippen molar-refractivity contribution in [2.75, 3.05) is 13.7 Å². The van der Waals surface area contributed by atoms with E-state index >= 15 is 0 Å². The van der Waals surface area contributed by atoms with Crippen molar-refractivity contribution in [3.05, 3.63) is 53.6 Å². The molecule has 0 aliphatic rings. The second kappa shape index (κ2) is 8.22. The van der Waals surface area contributed by atoms with Gasteiger partial charge in [0.15, 0.2) is 11.5 Å². The zero-order chi connectivity index (χ0) is 16.7. The Labute approximate surface area is 137 Å². The predicted molar refractivity (Wildman–Crippen MR) is 89.3 cm³/mol. The third kappa shape index (κ3) is 4.49.